The molecule has 11 N–H and O–H groups in total. The van der Waals surface area contributed by atoms with E-state index in [2.05, 4.69) is 20.9 Å². The third-order valence-electron chi connectivity index (χ3n) is 6.00. The highest BCUT2D eigenvalue weighted by atomic mass is 16.4. The summed E-state index contributed by atoms with van der Waals surface area (Å²) < 4.78 is 0. The number of nitrogens with two attached hydrogens (primary N) is 3. The number of aliphatic carboxylic acids is 2. The number of nitrogens with one attached hydrogen (secondary N) is 3. The van der Waals surface area contributed by atoms with Crippen LogP contribution in [0.3, 0.4) is 0 Å². The Morgan fingerprint density at radius 3 is 2.08 bits per heavy atom. The monoisotopic (exact) mass is 549 g/mol. The van der Waals surface area contributed by atoms with Gasteiger partial charge in [0, 0.05) is 6.54 Å². The molecule has 0 fully saturated rings. The van der Waals surface area contributed by atoms with Crippen molar-refractivity contribution in [1.82, 2.24) is 16.0 Å². The molecule has 5 atom stereocenters. The Balaban J connectivity index is 2.96. The van der Waals surface area contributed by atoms with Gasteiger partial charge in [-0.2, -0.15) is 0 Å². The molecule has 5 unspecified atom stereocenters. The zero-order valence-corrected chi connectivity index (χ0v) is 22.1. The first kappa shape index (κ1) is 32.8. The molecule has 0 bridgehead atoms. The molecular formula is C25H39N7O7. The average Bonchev–Trinajstić information content (AvgIpc) is 2.87. The minimum absolute atomic E-state index is 0.0238. The van der Waals surface area contributed by atoms with Gasteiger partial charge in [-0.15, -0.1) is 0 Å². The average molecular weight is 550 g/mol. The van der Waals surface area contributed by atoms with Crippen LogP contribution < -0.4 is 33.2 Å². The maximum absolute atomic E-state index is 13.1. The Kier molecular flexibility index (Phi) is 14.0. The molecule has 1 aromatic carbocycles. The van der Waals surface area contributed by atoms with E-state index >= 15 is 0 Å². The van der Waals surface area contributed by atoms with Crippen LogP contribution >= 0.6 is 0 Å². The minimum atomic E-state index is -1.52. The van der Waals surface area contributed by atoms with Crippen molar-refractivity contribution < 1.29 is 34.2 Å². The fraction of sp³-hybridized carbons (Fsp3) is 0.520. The second-order valence-corrected chi connectivity index (χ2v) is 9.18. The molecule has 0 aliphatic carbocycles. The van der Waals surface area contributed by atoms with E-state index in [4.69, 9.17) is 17.2 Å². The van der Waals surface area contributed by atoms with Crippen molar-refractivity contribution in [3.63, 3.8) is 0 Å². The zero-order valence-electron chi connectivity index (χ0n) is 22.1. The lowest BCUT2D eigenvalue weighted by Gasteiger charge is -2.27. The van der Waals surface area contributed by atoms with Crippen molar-refractivity contribution >= 4 is 35.6 Å². The number of benzene rings is 1. The summed E-state index contributed by atoms with van der Waals surface area (Å²) in [7, 11) is 0. The van der Waals surface area contributed by atoms with Gasteiger partial charge in [0.1, 0.15) is 18.1 Å². The molecular weight excluding hydrogens is 510 g/mol. The van der Waals surface area contributed by atoms with Crippen LogP contribution in [-0.2, 0) is 30.4 Å². The van der Waals surface area contributed by atoms with Crippen LogP contribution in [0.25, 0.3) is 0 Å². The van der Waals surface area contributed by atoms with Crippen molar-refractivity contribution in [3.8, 4) is 0 Å². The van der Waals surface area contributed by atoms with Crippen LogP contribution in [0.1, 0.15) is 45.1 Å². The van der Waals surface area contributed by atoms with Crippen LogP contribution in [-0.4, -0.2) is 76.5 Å². The molecule has 216 valence electrons. The number of amides is 3. The van der Waals surface area contributed by atoms with E-state index in [1.807, 2.05) is 0 Å². The Labute approximate surface area is 226 Å². The highest BCUT2D eigenvalue weighted by molar-refractivity contribution is 5.95. The smallest absolute Gasteiger partial charge is 0.326 e. The maximum Gasteiger partial charge on any atom is 0.326 e. The summed E-state index contributed by atoms with van der Waals surface area (Å²) in [5, 5.41) is 26.1. The summed E-state index contributed by atoms with van der Waals surface area (Å²) in [6, 6.07) is 3.85. The van der Waals surface area contributed by atoms with Crippen LogP contribution in [0.2, 0.25) is 0 Å². The first-order valence-corrected chi connectivity index (χ1v) is 12.6. The highest BCUT2D eigenvalue weighted by Gasteiger charge is 2.33. The molecule has 0 aliphatic heterocycles. The topological polar surface area (TPSA) is 252 Å². The Bertz CT molecular complexity index is 1020. The molecule has 0 spiro atoms. The van der Waals surface area contributed by atoms with Crippen molar-refractivity contribution in [2.45, 2.75) is 70.1 Å². The summed E-state index contributed by atoms with van der Waals surface area (Å²) in [6.07, 6.45) is 0.124. The van der Waals surface area contributed by atoms with Crippen LogP contribution in [0.4, 0.5) is 0 Å². The largest absolute Gasteiger partial charge is 0.481 e. The number of nitrogens with zero attached hydrogens (tertiary/aromatic N) is 1. The van der Waals surface area contributed by atoms with Gasteiger partial charge in [-0.3, -0.25) is 24.2 Å². The number of hydrogen-bond acceptors (Lipinski definition) is 7. The van der Waals surface area contributed by atoms with Gasteiger partial charge < -0.3 is 43.4 Å². The summed E-state index contributed by atoms with van der Waals surface area (Å²) in [5.74, 6) is -5.67. The summed E-state index contributed by atoms with van der Waals surface area (Å²) in [4.78, 5) is 65.6. The lowest BCUT2D eigenvalue weighted by atomic mass is 9.97. The Hall–Kier alpha value is -4.20. The normalized spacial score (nSPS) is 14.5. The molecule has 0 radical (unpaired) electrons. The number of carbonyl (C=O) groups is 5. The standard InChI is InChI=1S/C25H39N7O7/c1-3-14(2)20(23(37)30-17(24(38)39)10-7-11-29-25(27)28)32-22(36)18(13-19(33)34)31-21(35)16(26)12-15-8-5-4-6-9-15/h4-6,8-9,14,16-18,20H,3,7,10-13,26H2,1-2H3,(H,30,37)(H,31,35)(H,32,36)(H,33,34)(H,38,39)(H4,27,28,29). The zero-order chi connectivity index (χ0) is 29.5. The molecule has 1 aromatic rings. The molecule has 0 aliphatic rings. The number of rotatable bonds is 17. The van der Waals surface area contributed by atoms with Crippen molar-refractivity contribution in [2.24, 2.45) is 28.1 Å². The van der Waals surface area contributed by atoms with Crippen molar-refractivity contribution in [1.29, 1.82) is 0 Å². The summed E-state index contributed by atoms with van der Waals surface area (Å²) in [5.41, 5.74) is 17.2. The van der Waals surface area contributed by atoms with E-state index < -0.39 is 66.2 Å². The minimum Gasteiger partial charge on any atom is -0.481 e. The van der Waals surface area contributed by atoms with E-state index in [1.165, 1.54) is 0 Å². The Morgan fingerprint density at radius 1 is 0.923 bits per heavy atom. The van der Waals surface area contributed by atoms with Crippen molar-refractivity contribution in [2.75, 3.05) is 6.54 Å². The highest BCUT2D eigenvalue weighted by Crippen LogP contribution is 2.11. The summed E-state index contributed by atoms with van der Waals surface area (Å²) >= 11 is 0. The lowest BCUT2D eigenvalue weighted by Crippen LogP contribution is -2.59. The molecule has 39 heavy (non-hydrogen) atoms. The summed E-state index contributed by atoms with van der Waals surface area (Å²) in [6.45, 7) is 3.59. The predicted molar refractivity (Wildman–Crippen MR) is 143 cm³/mol. The molecule has 0 saturated carbocycles. The number of aliphatic imine (C=N–C) groups is 1. The molecule has 0 saturated heterocycles. The number of guanidine groups is 1. The SMILES string of the molecule is CCC(C)C(NC(=O)C(CC(=O)O)NC(=O)C(N)Cc1ccccc1)C(=O)NC(CCCN=C(N)N)C(=O)O. The molecule has 1 rings (SSSR count). The molecule has 0 aromatic heterocycles. The Morgan fingerprint density at radius 2 is 1.54 bits per heavy atom. The third kappa shape index (κ3) is 12.3. The third-order valence-corrected chi connectivity index (χ3v) is 6.00. The van der Waals surface area contributed by atoms with Gasteiger partial charge in [-0.05, 0) is 30.7 Å². The van der Waals surface area contributed by atoms with Gasteiger partial charge in [0.05, 0.1) is 12.5 Å². The maximum atomic E-state index is 13.1. The number of hydrogen-bond donors (Lipinski definition) is 8. The number of carbonyl (C=O) groups excluding carboxylic acids is 3. The van der Waals surface area contributed by atoms with E-state index in [0.717, 1.165) is 5.56 Å². The van der Waals surface area contributed by atoms with Gasteiger partial charge in [0.25, 0.3) is 0 Å². The first-order valence-electron chi connectivity index (χ1n) is 12.6. The number of carboxylic acids is 2. The first-order chi connectivity index (χ1) is 18.3. The lowest BCUT2D eigenvalue weighted by molar-refractivity contribution is -0.143. The molecule has 14 nitrogen and oxygen atoms in total. The second kappa shape index (κ2) is 16.6. The predicted octanol–water partition coefficient (Wildman–Crippen LogP) is -1.33. The van der Waals surface area contributed by atoms with Crippen LogP contribution in [0.15, 0.2) is 35.3 Å². The van der Waals surface area contributed by atoms with Gasteiger partial charge in [-0.1, -0.05) is 50.6 Å². The quantitative estimate of drug-likeness (QED) is 0.0645. The van der Waals surface area contributed by atoms with Gasteiger partial charge >= 0.3 is 11.9 Å². The van der Waals surface area contributed by atoms with Gasteiger partial charge in [0.2, 0.25) is 17.7 Å². The van der Waals surface area contributed by atoms with E-state index in [-0.39, 0.29) is 31.8 Å². The molecule has 3 amide bonds. The van der Waals surface area contributed by atoms with Gasteiger partial charge in [-0.25, -0.2) is 4.79 Å². The number of carboxylic acid groups (broad SMARTS) is 2. The second-order valence-electron chi connectivity index (χ2n) is 9.18. The van der Waals surface area contributed by atoms with E-state index in [1.54, 1.807) is 44.2 Å². The fourth-order valence-corrected chi connectivity index (χ4v) is 3.60. The molecule has 14 heteroatoms. The van der Waals surface area contributed by atoms with E-state index in [0.29, 0.717) is 6.42 Å². The van der Waals surface area contributed by atoms with Crippen molar-refractivity contribution in [3.05, 3.63) is 35.9 Å². The molecule has 0 heterocycles. The van der Waals surface area contributed by atoms with Crippen LogP contribution in [0.5, 0.6) is 0 Å². The van der Waals surface area contributed by atoms with E-state index in [9.17, 15) is 34.2 Å². The van der Waals surface area contributed by atoms with Crippen LogP contribution in [0, 0.1) is 5.92 Å². The fourth-order valence-electron chi connectivity index (χ4n) is 3.60. The van der Waals surface area contributed by atoms with Gasteiger partial charge in [0.15, 0.2) is 5.96 Å².